The number of furan rings is 1. The van der Waals surface area contributed by atoms with E-state index >= 15 is 0 Å². The Hall–Kier alpha value is -2.35. The zero-order chi connectivity index (χ0) is 19.6. The van der Waals surface area contributed by atoms with E-state index in [1.165, 1.54) is 4.68 Å². The summed E-state index contributed by atoms with van der Waals surface area (Å²) < 4.78 is 13.8. The van der Waals surface area contributed by atoms with Gasteiger partial charge in [-0.25, -0.2) is 9.48 Å². The number of ether oxygens (including phenoxy) is 1. The van der Waals surface area contributed by atoms with Crippen LogP contribution in [0.5, 0.6) is 0 Å². The van der Waals surface area contributed by atoms with Gasteiger partial charge in [0, 0.05) is 32.7 Å². The minimum atomic E-state index is -0.0902. The summed E-state index contributed by atoms with van der Waals surface area (Å²) in [6.07, 6.45) is 1.59. The number of aromatic nitrogens is 3. The van der Waals surface area contributed by atoms with Crippen molar-refractivity contribution in [2.24, 2.45) is 0 Å². The average molecular weight is 376 g/mol. The number of carbonyl (C=O) groups excluding carboxylic acids is 1. The second-order valence-electron chi connectivity index (χ2n) is 6.99. The van der Waals surface area contributed by atoms with Crippen LogP contribution in [-0.4, -0.2) is 52.0 Å². The normalized spacial score (nSPS) is 15.5. The van der Waals surface area contributed by atoms with Crippen molar-refractivity contribution in [3.8, 4) is 0 Å². The number of hydrogen-bond acceptors (Lipinski definition) is 5. The van der Waals surface area contributed by atoms with E-state index < -0.39 is 0 Å². The third-order valence-corrected chi connectivity index (χ3v) is 5.19. The van der Waals surface area contributed by atoms with Crippen LogP contribution in [0.1, 0.15) is 53.4 Å². The molecule has 1 aliphatic rings. The molecular weight excluding hydrogens is 348 g/mol. The summed E-state index contributed by atoms with van der Waals surface area (Å²) in [4.78, 5) is 27.1. The van der Waals surface area contributed by atoms with E-state index in [0.717, 1.165) is 24.4 Å². The van der Waals surface area contributed by atoms with Crippen LogP contribution in [0.2, 0.25) is 0 Å². The maximum absolute atomic E-state index is 12.8. The third-order valence-electron chi connectivity index (χ3n) is 5.19. The highest BCUT2D eigenvalue weighted by molar-refractivity contribution is 5.95. The highest BCUT2D eigenvalue weighted by Gasteiger charge is 2.29. The Labute approximate surface area is 158 Å². The van der Waals surface area contributed by atoms with Gasteiger partial charge in [-0.1, -0.05) is 0 Å². The molecule has 0 atom stereocenters. The first-order valence-corrected chi connectivity index (χ1v) is 9.49. The lowest BCUT2D eigenvalue weighted by molar-refractivity contribution is 0.0708. The van der Waals surface area contributed by atoms with Gasteiger partial charge in [-0.2, -0.15) is 5.10 Å². The second kappa shape index (κ2) is 8.12. The van der Waals surface area contributed by atoms with Crippen molar-refractivity contribution >= 4 is 5.91 Å². The van der Waals surface area contributed by atoms with Gasteiger partial charge in [-0.3, -0.25) is 9.36 Å². The first-order chi connectivity index (χ1) is 13.0. The SMILES string of the molecule is CCn1c(C2CCN(C(=O)c3cc(C)oc3C)CC2)nn(CCOC)c1=O. The van der Waals surface area contributed by atoms with E-state index in [-0.39, 0.29) is 17.5 Å². The molecule has 1 fully saturated rings. The van der Waals surface area contributed by atoms with Crippen molar-refractivity contribution in [1.29, 1.82) is 0 Å². The zero-order valence-electron chi connectivity index (χ0n) is 16.5. The lowest BCUT2D eigenvalue weighted by Gasteiger charge is -2.31. The molecule has 2 aromatic rings. The topological polar surface area (TPSA) is 82.5 Å². The Morgan fingerprint density at radius 3 is 2.59 bits per heavy atom. The van der Waals surface area contributed by atoms with Gasteiger partial charge in [0.15, 0.2) is 0 Å². The van der Waals surface area contributed by atoms with Crippen LogP contribution in [0.4, 0.5) is 0 Å². The molecule has 148 valence electrons. The van der Waals surface area contributed by atoms with Crippen molar-refractivity contribution in [3.05, 3.63) is 39.5 Å². The molecule has 0 N–H and O–H groups in total. The molecule has 3 heterocycles. The largest absolute Gasteiger partial charge is 0.466 e. The van der Waals surface area contributed by atoms with Gasteiger partial charge in [0.05, 0.1) is 18.7 Å². The predicted octanol–water partition coefficient (Wildman–Crippen LogP) is 1.94. The monoisotopic (exact) mass is 376 g/mol. The van der Waals surface area contributed by atoms with E-state index in [4.69, 9.17) is 9.15 Å². The quantitative estimate of drug-likeness (QED) is 0.769. The van der Waals surface area contributed by atoms with Gasteiger partial charge in [0.2, 0.25) is 0 Å². The minimum Gasteiger partial charge on any atom is -0.466 e. The number of amides is 1. The molecule has 0 aliphatic carbocycles. The van der Waals surface area contributed by atoms with Gasteiger partial charge >= 0.3 is 5.69 Å². The molecule has 1 amide bonds. The molecule has 8 nitrogen and oxygen atoms in total. The Bertz CT molecular complexity index is 856. The summed E-state index contributed by atoms with van der Waals surface area (Å²) in [5, 5.41) is 4.56. The maximum Gasteiger partial charge on any atom is 0.345 e. The molecule has 0 unspecified atom stereocenters. The molecule has 8 heteroatoms. The Balaban J connectivity index is 1.71. The van der Waals surface area contributed by atoms with Crippen LogP contribution in [-0.2, 0) is 17.8 Å². The van der Waals surface area contributed by atoms with E-state index in [1.807, 2.05) is 25.7 Å². The van der Waals surface area contributed by atoms with Crippen LogP contribution < -0.4 is 5.69 Å². The summed E-state index contributed by atoms with van der Waals surface area (Å²) in [7, 11) is 1.61. The van der Waals surface area contributed by atoms with Gasteiger partial charge in [0.25, 0.3) is 5.91 Å². The predicted molar refractivity (Wildman–Crippen MR) is 100 cm³/mol. The first-order valence-electron chi connectivity index (χ1n) is 9.49. The molecule has 1 aliphatic heterocycles. The number of rotatable bonds is 6. The molecule has 0 radical (unpaired) electrons. The van der Waals surface area contributed by atoms with E-state index in [9.17, 15) is 9.59 Å². The standard InChI is InChI=1S/C19H28N4O4/c1-5-22-17(20-23(19(22)25)10-11-26-4)15-6-8-21(9-7-15)18(24)16-12-13(2)27-14(16)3/h12,15H,5-11H2,1-4H3. The van der Waals surface area contributed by atoms with Crippen LogP contribution in [0.3, 0.4) is 0 Å². The minimum absolute atomic E-state index is 0.0151. The van der Waals surface area contributed by atoms with E-state index in [2.05, 4.69) is 5.10 Å². The van der Waals surface area contributed by atoms with Crippen molar-refractivity contribution in [2.45, 2.75) is 52.6 Å². The number of piperidine rings is 1. The van der Waals surface area contributed by atoms with Gasteiger partial charge in [0.1, 0.15) is 17.3 Å². The number of likely N-dealkylation sites (tertiary alicyclic amines) is 1. The molecule has 0 aromatic carbocycles. The lowest BCUT2D eigenvalue weighted by Crippen LogP contribution is -2.38. The fourth-order valence-electron chi connectivity index (χ4n) is 3.73. The number of aryl methyl sites for hydroxylation is 2. The van der Waals surface area contributed by atoms with E-state index in [0.29, 0.717) is 44.1 Å². The molecule has 0 spiro atoms. The molecule has 1 saturated heterocycles. The highest BCUT2D eigenvalue weighted by atomic mass is 16.5. The maximum atomic E-state index is 12.8. The smallest absolute Gasteiger partial charge is 0.345 e. The Kier molecular flexibility index (Phi) is 5.84. The molecule has 2 aromatic heterocycles. The van der Waals surface area contributed by atoms with Crippen LogP contribution in [0.25, 0.3) is 0 Å². The van der Waals surface area contributed by atoms with Crippen LogP contribution >= 0.6 is 0 Å². The zero-order valence-corrected chi connectivity index (χ0v) is 16.5. The first kappa shape index (κ1) is 19.4. The molecule has 0 bridgehead atoms. The van der Waals surface area contributed by atoms with Crippen molar-refractivity contribution in [3.63, 3.8) is 0 Å². The van der Waals surface area contributed by atoms with Gasteiger partial charge in [-0.05, 0) is 39.7 Å². The lowest BCUT2D eigenvalue weighted by atomic mass is 9.95. The summed E-state index contributed by atoms with van der Waals surface area (Å²) in [6.45, 7) is 8.41. The third kappa shape index (κ3) is 3.85. The number of methoxy groups -OCH3 is 1. The Morgan fingerprint density at radius 2 is 2.04 bits per heavy atom. The number of hydrogen-bond donors (Lipinski definition) is 0. The van der Waals surface area contributed by atoms with Gasteiger partial charge in [-0.15, -0.1) is 0 Å². The van der Waals surface area contributed by atoms with E-state index in [1.54, 1.807) is 17.7 Å². The molecule has 3 rings (SSSR count). The van der Waals surface area contributed by atoms with Crippen LogP contribution in [0.15, 0.2) is 15.3 Å². The fraction of sp³-hybridized carbons (Fsp3) is 0.632. The van der Waals surface area contributed by atoms with Crippen LogP contribution in [0, 0.1) is 13.8 Å². The van der Waals surface area contributed by atoms with Crippen molar-refractivity contribution in [1.82, 2.24) is 19.2 Å². The fourth-order valence-corrected chi connectivity index (χ4v) is 3.73. The summed E-state index contributed by atoms with van der Waals surface area (Å²) in [6, 6.07) is 1.80. The number of carbonyl (C=O) groups is 1. The summed E-state index contributed by atoms with van der Waals surface area (Å²) in [5.41, 5.74) is 0.549. The number of nitrogens with zero attached hydrogens (tertiary/aromatic N) is 4. The molecule has 0 saturated carbocycles. The van der Waals surface area contributed by atoms with Crippen molar-refractivity contribution in [2.75, 3.05) is 26.8 Å². The molecule has 27 heavy (non-hydrogen) atoms. The van der Waals surface area contributed by atoms with Crippen molar-refractivity contribution < 1.29 is 13.9 Å². The van der Waals surface area contributed by atoms with Gasteiger partial charge < -0.3 is 14.1 Å². The Morgan fingerprint density at radius 1 is 1.33 bits per heavy atom. The second-order valence-corrected chi connectivity index (χ2v) is 6.99. The highest BCUT2D eigenvalue weighted by Crippen LogP contribution is 2.28. The molecular formula is C19H28N4O4. The summed E-state index contributed by atoms with van der Waals surface area (Å²) >= 11 is 0. The average Bonchev–Trinajstić information content (AvgIpc) is 3.17. The summed E-state index contributed by atoms with van der Waals surface area (Å²) in [5.74, 6) is 2.43.